The van der Waals surface area contributed by atoms with Crippen molar-refractivity contribution in [3.8, 4) is 11.5 Å². The summed E-state index contributed by atoms with van der Waals surface area (Å²) in [6, 6.07) is 3.01. The van der Waals surface area contributed by atoms with E-state index in [1.54, 1.807) is 11.1 Å². The van der Waals surface area contributed by atoms with Gasteiger partial charge in [0.05, 0.1) is 6.20 Å². The highest BCUT2D eigenvalue weighted by molar-refractivity contribution is 7.85. The van der Waals surface area contributed by atoms with Gasteiger partial charge in [0, 0.05) is 30.5 Å². The van der Waals surface area contributed by atoms with E-state index in [1.807, 2.05) is 13.8 Å². The van der Waals surface area contributed by atoms with E-state index in [2.05, 4.69) is 14.7 Å². The zero-order valence-corrected chi connectivity index (χ0v) is 19.5. The molecule has 0 spiro atoms. The lowest BCUT2D eigenvalue weighted by atomic mass is 9.79. The molecule has 1 aliphatic heterocycles. The van der Waals surface area contributed by atoms with Gasteiger partial charge in [-0.15, -0.1) is 0 Å². The number of ether oxygens (including phenoxy) is 1. The molecule has 1 aromatic carbocycles. The molecule has 1 aromatic heterocycles. The van der Waals surface area contributed by atoms with Crippen molar-refractivity contribution in [2.45, 2.75) is 39.5 Å². The van der Waals surface area contributed by atoms with Gasteiger partial charge in [-0.25, -0.2) is 23.0 Å². The molecule has 33 heavy (non-hydrogen) atoms. The van der Waals surface area contributed by atoms with E-state index < -0.39 is 28.0 Å². The molecule has 0 saturated heterocycles. The van der Waals surface area contributed by atoms with E-state index in [0.29, 0.717) is 30.2 Å². The Morgan fingerprint density at radius 1 is 1.27 bits per heavy atom. The van der Waals surface area contributed by atoms with Gasteiger partial charge in [-0.05, 0) is 42.9 Å². The van der Waals surface area contributed by atoms with Crippen LogP contribution in [0.15, 0.2) is 30.6 Å². The minimum Gasteiger partial charge on any atom is -0.450 e. The monoisotopic (exact) mass is 476 g/mol. The van der Waals surface area contributed by atoms with Crippen LogP contribution in [0, 0.1) is 23.0 Å². The summed E-state index contributed by atoms with van der Waals surface area (Å²) in [6.07, 6.45) is 8.30. The van der Waals surface area contributed by atoms with E-state index in [-0.39, 0.29) is 23.4 Å². The number of hydrogen-bond acceptors (Lipinski definition) is 5. The maximum Gasteiger partial charge on any atom is 0.235 e. The van der Waals surface area contributed by atoms with Crippen LogP contribution >= 0.6 is 0 Å². The van der Waals surface area contributed by atoms with Gasteiger partial charge in [0.25, 0.3) is 0 Å². The van der Waals surface area contributed by atoms with Gasteiger partial charge in [0.1, 0.15) is 22.5 Å². The number of nitrogens with zero attached hydrogens (tertiary/aromatic N) is 3. The molecule has 2 heterocycles. The lowest BCUT2D eigenvalue weighted by molar-refractivity contribution is -0.139. The summed E-state index contributed by atoms with van der Waals surface area (Å²) in [5.41, 5.74) is 0.378. The van der Waals surface area contributed by atoms with Crippen LogP contribution in [0.25, 0.3) is 5.57 Å². The highest BCUT2D eigenvalue weighted by Crippen LogP contribution is 2.42. The zero-order valence-electron chi connectivity index (χ0n) is 18.7. The molecular weight excluding hydrogens is 450 g/mol. The number of halogens is 2. The summed E-state index contributed by atoms with van der Waals surface area (Å²) in [5.74, 6) is -1.01. The predicted molar refractivity (Wildman–Crippen MR) is 122 cm³/mol. The molecule has 2 aliphatic rings. The summed E-state index contributed by atoms with van der Waals surface area (Å²) >= 11 is 0. The van der Waals surface area contributed by atoms with E-state index in [9.17, 15) is 17.8 Å². The molecule has 1 saturated carbocycles. The number of amides is 1. The zero-order chi connectivity index (χ0) is 23.8. The average molecular weight is 477 g/mol. The van der Waals surface area contributed by atoms with Crippen LogP contribution in [-0.4, -0.2) is 37.8 Å². The number of carbonyl (C=O) groups is 1. The van der Waals surface area contributed by atoms with Crippen molar-refractivity contribution in [1.82, 2.24) is 14.9 Å². The Labute approximate surface area is 193 Å². The standard InChI is InChI=1S/C23H26F2N4O3S/c1-23(2)10-15(13-29(21(23)30)12-14-5-4-6-14)20-19(11-26-22(27-20)28-33(3)31)32-18-8-7-16(24)9-17(18)25/h7-9,11,13-14H,4-6,10,12H2,1-3H3,(H,26,27,28). The topological polar surface area (TPSA) is 84.4 Å². The van der Waals surface area contributed by atoms with Gasteiger partial charge >= 0.3 is 0 Å². The Morgan fingerprint density at radius 2 is 2.03 bits per heavy atom. The lowest BCUT2D eigenvalue weighted by Crippen LogP contribution is -2.44. The average Bonchev–Trinajstić information content (AvgIpc) is 2.70. The third-order valence-corrected chi connectivity index (χ3v) is 6.34. The van der Waals surface area contributed by atoms with E-state index in [4.69, 9.17) is 4.74 Å². The predicted octanol–water partition coefficient (Wildman–Crippen LogP) is 4.65. The summed E-state index contributed by atoms with van der Waals surface area (Å²) < 4.78 is 47.6. The summed E-state index contributed by atoms with van der Waals surface area (Å²) in [4.78, 5) is 23.4. The first-order valence-electron chi connectivity index (χ1n) is 10.7. The minimum absolute atomic E-state index is 0.0345. The molecule has 1 amide bonds. The quantitative estimate of drug-likeness (QED) is 0.629. The van der Waals surface area contributed by atoms with Crippen molar-refractivity contribution in [2.24, 2.45) is 11.3 Å². The fourth-order valence-corrected chi connectivity index (χ4v) is 4.35. The first-order chi connectivity index (χ1) is 15.6. The number of benzene rings is 1. The first-order valence-corrected chi connectivity index (χ1v) is 12.3. The fraction of sp³-hybridized carbons (Fsp3) is 0.435. The Morgan fingerprint density at radius 3 is 2.67 bits per heavy atom. The summed E-state index contributed by atoms with van der Waals surface area (Å²) in [5, 5.41) is 0. The molecule has 7 nitrogen and oxygen atoms in total. The van der Waals surface area contributed by atoms with E-state index >= 15 is 0 Å². The molecule has 4 rings (SSSR count). The number of allylic oxidation sites excluding steroid dienone is 1. The van der Waals surface area contributed by atoms with Crippen LogP contribution < -0.4 is 9.46 Å². The lowest BCUT2D eigenvalue weighted by Gasteiger charge is -2.39. The number of carbonyl (C=O) groups excluding carboxylic acids is 1. The molecule has 1 unspecified atom stereocenters. The minimum atomic E-state index is -1.41. The molecule has 1 aliphatic carbocycles. The second-order valence-corrected chi connectivity index (χ2v) is 10.2. The Hall–Kier alpha value is -2.88. The van der Waals surface area contributed by atoms with Gasteiger partial charge in [-0.3, -0.25) is 9.52 Å². The molecule has 0 bridgehead atoms. The third kappa shape index (κ3) is 5.21. The molecule has 0 radical (unpaired) electrons. The van der Waals surface area contributed by atoms with Gasteiger partial charge in [-0.1, -0.05) is 20.3 Å². The Kier molecular flexibility index (Phi) is 6.47. The number of anilines is 1. The SMILES string of the molecule is CS(=O)Nc1ncc(Oc2ccc(F)cc2F)c(C2=CN(CC3CCC3)C(=O)C(C)(C)C2)n1. The van der Waals surface area contributed by atoms with Crippen molar-refractivity contribution in [3.63, 3.8) is 0 Å². The highest BCUT2D eigenvalue weighted by atomic mass is 32.2. The third-order valence-electron chi connectivity index (χ3n) is 5.87. The normalized spacial score (nSPS) is 19.0. The van der Waals surface area contributed by atoms with Crippen LogP contribution in [0.5, 0.6) is 11.5 Å². The van der Waals surface area contributed by atoms with Crippen LogP contribution in [0.2, 0.25) is 0 Å². The van der Waals surface area contributed by atoms with Gasteiger partial charge in [-0.2, -0.15) is 0 Å². The second-order valence-electron chi connectivity index (χ2n) is 9.11. The maximum atomic E-state index is 14.3. The number of rotatable bonds is 7. The number of nitrogens with one attached hydrogen (secondary N) is 1. The Bertz CT molecular complexity index is 1130. The highest BCUT2D eigenvalue weighted by Gasteiger charge is 2.39. The number of hydrogen-bond donors (Lipinski definition) is 1. The fourth-order valence-electron chi connectivity index (χ4n) is 4.00. The summed E-state index contributed by atoms with van der Waals surface area (Å²) in [6.45, 7) is 4.37. The Balaban J connectivity index is 1.76. The molecule has 2 aromatic rings. The van der Waals surface area contributed by atoms with Gasteiger partial charge in [0.2, 0.25) is 11.9 Å². The van der Waals surface area contributed by atoms with Crippen LogP contribution in [0.1, 0.15) is 45.2 Å². The number of aromatic nitrogens is 2. The van der Waals surface area contributed by atoms with Gasteiger partial charge < -0.3 is 9.64 Å². The molecule has 1 N–H and O–H groups in total. The van der Waals surface area contributed by atoms with E-state index in [1.165, 1.54) is 24.9 Å². The maximum absolute atomic E-state index is 14.3. The first kappa shape index (κ1) is 23.3. The molecular formula is C23H26F2N4O3S. The molecule has 1 fully saturated rings. The van der Waals surface area contributed by atoms with E-state index in [0.717, 1.165) is 25.0 Å². The largest absolute Gasteiger partial charge is 0.450 e. The smallest absolute Gasteiger partial charge is 0.235 e. The van der Waals surface area contributed by atoms with Crippen molar-refractivity contribution in [3.05, 3.63) is 47.9 Å². The van der Waals surface area contributed by atoms with Crippen LogP contribution in [-0.2, 0) is 15.8 Å². The van der Waals surface area contributed by atoms with Crippen LogP contribution in [0.3, 0.4) is 0 Å². The van der Waals surface area contributed by atoms with Crippen molar-refractivity contribution >= 4 is 28.4 Å². The van der Waals surface area contributed by atoms with Crippen molar-refractivity contribution in [2.75, 3.05) is 17.5 Å². The van der Waals surface area contributed by atoms with Gasteiger partial charge in [0.15, 0.2) is 17.3 Å². The molecule has 1 atom stereocenters. The summed E-state index contributed by atoms with van der Waals surface area (Å²) in [7, 11) is -1.41. The molecule has 10 heteroatoms. The van der Waals surface area contributed by atoms with Crippen LogP contribution in [0.4, 0.5) is 14.7 Å². The second kappa shape index (κ2) is 9.17. The van der Waals surface area contributed by atoms with Crippen molar-refractivity contribution < 1.29 is 22.5 Å². The molecule has 176 valence electrons. The van der Waals surface area contributed by atoms with Crippen molar-refractivity contribution in [1.29, 1.82) is 0 Å².